The second-order valence-corrected chi connectivity index (χ2v) is 5.01. The minimum absolute atomic E-state index is 0.0124. The third kappa shape index (κ3) is 3.01. The Hall–Kier alpha value is -1.82. The molecule has 1 atom stereocenters. The lowest BCUT2D eigenvalue weighted by Crippen LogP contribution is -2.45. The van der Waals surface area contributed by atoms with Gasteiger partial charge in [-0.3, -0.25) is 10.1 Å². The Morgan fingerprint density at radius 1 is 1.50 bits per heavy atom. The number of nitro benzene ring substituents is 1. The summed E-state index contributed by atoms with van der Waals surface area (Å²) in [5, 5.41) is 14.2. The van der Waals surface area contributed by atoms with Crippen LogP contribution < -0.4 is 15.0 Å². The maximum atomic E-state index is 10.9. The van der Waals surface area contributed by atoms with Crippen molar-refractivity contribution in [1.82, 2.24) is 5.32 Å². The Kier molecular flexibility index (Phi) is 4.79. The predicted octanol–water partition coefficient (Wildman–Crippen LogP) is 2.18. The standard InChI is InChI=1S/C14H21N3O3/c1-15-10-12-5-3-4-8-16(12)11-6-7-13(17(18)19)14(9-11)20-2/h6-7,9,12,15H,3-5,8,10H2,1-2H3. The second-order valence-electron chi connectivity index (χ2n) is 5.01. The van der Waals surface area contributed by atoms with Crippen LogP contribution in [0.2, 0.25) is 0 Å². The van der Waals surface area contributed by atoms with E-state index in [0.29, 0.717) is 11.8 Å². The quantitative estimate of drug-likeness (QED) is 0.661. The van der Waals surface area contributed by atoms with Crippen LogP contribution in [0.15, 0.2) is 18.2 Å². The van der Waals surface area contributed by atoms with Crippen molar-refractivity contribution in [1.29, 1.82) is 0 Å². The van der Waals surface area contributed by atoms with Crippen LogP contribution in [0.3, 0.4) is 0 Å². The fourth-order valence-corrected chi connectivity index (χ4v) is 2.78. The SMILES string of the molecule is CNCC1CCCCN1c1ccc([N+](=O)[O-])c(OC)c1. The third-order valence-electron chi connectivity index (χ3n) is 3.76. The number of methoxy groups -OCH3 is 1. The number of nitrogens with zero attached hydrogens (tertiary/aromatic N) is 2. The molecule has 110 valence electrons. The van der Waals surface area contributed by atoms with Gasteiger partial charge in [0.15, 0.2) is 5.75 Å². The van der Waals surface area contributed by atoms with E-state index in [1.54, 1.807) is 6.07 Å². The van der Waals surface area contributed by atoms with E-state index in [4.69, 9.17) is 4.74 Å². The third-order valence-corrected chi connectivity index (χ3v) is 3.76. The van der Waals surface area contributed by atoms with Gasteiger partial charge in [-0.1, -0.05) is 0 Å². The topological polar surface area (TPSA) is 67.6 Å². The summed E-state index contributed by atoms with van der Waals surface area (Å²) in [7, 11) is 3.41. The molecule has 1 fully saturated rings. The average molecular weight is 279 g/mol. The minimum Gasteiger partial charge on any atom is -0.490 e. The van der Waals surface area contributed by atoms with E-state index in [0.717, 1.165) is 31.6 Å². The van der Waals surface area contributed by atoms with E-state index >= 15 is 0 Å². The van der Waals surface area contributed by atoms with Crippen molar-refractivity contribution in [3.05, 3.63) is 28.3 Å². The molecule has 0 radical (unpaired) electrons. The molecule has 6 nitrogen and oxygen atoms in total. The van der Waals surface area contributed by atoms with E-state index in [2.05, 4.69) is 10.2 Å². The highest BCUT2D eigenvalue weighted by molar-refractivity contribution is 5.60. The molecule has 1 aromatic rings. The van der Waals surface area contributed by atoms with Gasteiger partial charge in [-0.25, -0.2) is 0 Å². The Labute approximate surface area is 118 Å². The zero-order valence-electron chi connectivity index (χ0n) is 12.0. The minimum atomic E-state index is -0.413. The van der Waals surface area contributed by atoms with Crippen molar-refractivity contribution in [3.8, 4) is 5.75 Å². The summed E-state index contributed by atoms with van der Waals surface area (Å²) < 4.78 is 5.15. The van der Waals surface area contributed by atoms with Crippen LogP contribution in [0.1, 0.15) is 19.3 Å². The fraction of sp³-hybridized carbons (Fsp3) is 0.571. The van der Waals surface area contributed by atoms with Gasteiger partial charge in [-0.2, -0.15) is 0 Å². The zero-order chi connectivity index (χ0) is 14.5. The lowest BCUT2D eigenvalue weighted by atomic mass is 10.0. The van der Waals surface area contributed by atoms with Crippen LogP contribution in [0.25, 0.3) is 0 Å². The van der Waals surface area contributed by atoms with Crippen LogP contribution in [-0.2, 0) is 0 Å². The van der Waals surface area contributed by atoms with Crippen molar-refractivity contribution in [2.45, 2.75) is 25.3 Å². The van der Waals surface area contributed by atoms with Crippen molar-refractivity contribution >= 4 is 11.4 Å². The summed E-state index contributed by atoms with van der Waals surface area (Å²) in [5.41, 5.74) is 1.01. The molecule has 1 heterocycles. The van der Waals surface area contributed by atoms with E-state index in [1.807, 2.05) is 13.1 Å². The average Bonchev–Trinajstić information content (AvgIpc) is 2.47. The highest BCUT2D eigenvalue weighted by atomic mass is 16.6. The van der Waals surface area contributed by atoms with Crippen molar-refractivity contribution in [3.63, 3.8) is 0 Å². The molecule has 0 bridgehead atoms. The van der Waals surface area contributed by atoms with Gasteiger partial charge in [0, 0.05) is 37.0 Å². The largest absolute Gasteiger partial charge is 0.490 e. The summed E-state index contributed by atoms with van der Waals surface area (Å²) in [6.45, 7) is 1.90. The Morgan fingerprint density at radius 3 is 2.95 bits per heavy atom. The zero-order valence-corrected chi connectivity index (χ0v) is 12.0. The lowest BCUT2D eigenvalue weighted by molar-refractivity contribution is -0.385. The van der Waals surface area contributed by atoms with Crippen molar-refractivity contribution < 1.29 is 9.66 Å². The summed E-state index contributed by atoms with van der Waals surface area (Å²) in [5.74, 6) is 0.321. The normalized spacial score (nSPS) is 18.9. The number of benzene rings is 1. The van der Waals surface area contributed by atoms with E-state index < -0.39 is 4.92 Å². The molecule has 0 aromatic heterocycles. The molecule has 6 heteroatoms. The number of rotatable bonds is 5. The van der Waals surface area contributed by atoms with Crippen LogP contribution in [-0.4, -0.2) is 38.2 Å². The molecule has 1 aliphatic rings. The first-order valence-corrected chi connectivity index (χ1v) is 6.91. The molecule has 20 heavy (non-hydrogen) atoms. The molecule has 0 aliphatic carbocycles. The number of ether oxygens (including phenoxy) is 1. The van der Waals surface area contributed by atoms with Crippen LogP contribution >= 0.6 is 0 Å². The number of nitro groups is 1. The van der Waals surface area contributed by atoms with E-state index in [9.17, 15) is 10.1 Å². The lowest BCUT2D eigenvalue weighted by Gasteiger charge is -2.37. The molecular weight excluding hydrogens is 258 g/mol. The smallest absolute Gasteiger partial charge is 0.311 e. The monoisotopic (exact) mass is 279 g/mol. The predicted molar refractivity (Wildman–Crippen MR) is 78.6 cm³/mol. The van der Waals surface area contributed by atoms with Gasteiger partial charge in [-0.15, -0.1) is 0 Å². The van der Waals surface area contributed by atoms with Gasteiger partial charge in [-0.05, 0) is 32.4 Å². The van der Waals surface area contributed by atoms with Gasteiger partial charge in [0.2, 0.25) is 0 Å². The molecule has 1 saturated heterocycles. The maximum Gasteiger partial charge on any atom is 0.311 e. The van der Waals surface area contributed by atoms with Gasteiger partial charge >= 0.3 is 5.69 Å². The summed E-state index contributed by atoms with van der Waals surface area (Å²) in [4.78, 5) is 12.8. The number of piperidine rings is 1. The maximum absolute atomic E-state index is 10.9. The Bertz CT molecular complexity index is 477. The number of anilines is 1. The first-order valence-electron chi connectivity index (χ1n) is 6.91. The number of nitrogens with one attached hydrogen (secondary N) is 1. The highest BCUT2D eigenvalue weighted by Crippen LogP contribution is 2.33. The molecule has 0 saturated carbocycles. The van der Waals surface area contributed by atoms with Crippen molar-refractivity contribution in [2.24, 2.45) is 0 Å². The molecule has 1 N–H and O–H groups in total. The molecule has 1 unspecified atom stereocenters. The highest BCUT2D eigenvalue weighted by Gasteiger charge is 2.24. The summed E-state index contributed by atoms with van der Waals surface area (Å²) in [6.07, 6.45) is 3.52. The summed E-state index contributed by atoms with van der Waals surface area (Å²) >= 11 is 0. The molecule has 0 spiro atoms. The number of hydrogen-bond donors (Lipinski definition) is 1. The van der Waals surface area contributed by atoms with E-state index in [1.165, 1.54) is 19.6 Å². The molecule has 1 aliphatic heterocycles. The first-order chi connectivity index (χ1) is 9.67. The molecule has 1 aromatic carbocycles. The van der Waals surface area contributed by atoms with Crippen LogP contribution in [0.5, 0.6) is 5.75 Å². The molecule has 0 amide bonds. The second kappa shape index (κ2) is 6.56. The number of hydrogen-bond acceptors (Lipinski definition) is 5. The molecule has 2 rings (SSSR count). The van der Waals surface area contributed by atoms with Crippen LogP contribution in [0.4, 0.5) is 11.4 Å². The van der Waals surface area contributed by atoms with Gasteiger partial charge in [0.1, 0.15) is 0 Å². The van der Waals surface area contributed by atoms with Crippen molar-refractivity contribution in [2.75, 3.05) is 32.1 Å². The fourth-order valence-electron chi connectivity index (χ4n) is 2.78. The van der Waals surface area contributed by atoms with Gasteiger partial charge in [0.25, 0.3) is 0 Å². The van der Waals surface area contributed by atoms with Gasteiger partial charge < -0.3 is 15.0 Å². The number of likely N-dealkylation sites (N-methyl/N-ethyl adjacent to an activating group) is 1. The van der Waals surface area contributed by atoms with Crippen LogP contribution in [0, 0.1) is 10.1 Å². The first kappa shape index (κ1) is 14.6. The van der Waals surface area contributed by atoms with Gasteiger partial charge in [0.05, 0.1) is 12.0 Å². The summed E-state index contributed by atoms with van der Waals surface area (Å²) in [6, 6.07) is 5.54. The Balaban J connectivity index is 2.28. The van der Waals surface area contributed by atoms with E-state index in [-0.39, 0.29) is 5.69 Å². The Morgan fingerprint density at radius 2 is 2.30 bits per heavy atom. The molecular formula is C14H21N3O3.